The molecule has 1 fully saturated rings. The molecule has 8 nitrogen and oxygen atoms in total. The molecule has 0 bridgehead atoms. The van der Waals surface area contributed by atoms with Gasteiger partial charge in [0.2, 0.25) is 5.95 Å². The van der Waals surface area contributed by atoms with Gasteiger partial charge in [0.25, 0.3) is 0 Å². The van der Waals surface area contributed by atoms with Crippen molar-refractivity contribution < 1.29 is 9.90 Å². The Morgan fingerprint density at radius 3 is 2.35 bits per heavy atom. The minimum Gasteiger partial charge on any atom is -0.465 e. The number of piperidine rings is 1. The van der Waals surface area contributed by atoms with Crippen LogP contribution in [0, 0.1) is 0 Å². The number of nitrogens with zero attached hydrogens (tertiary/aromatic N) is 6. The first-order chi connectivity index (χ1) is 9.30. The van der Waals surface area contributed by atoms with E-state index >= 15 is 0 Å². The largest absolute Gasteiger partial charge is 0.465 e. The molecular weight excluding hydrogens is 260 g/mol. The zero-order valence-electron chi connectivity index (χ0n) is 12.4. The predicted molar refractivity (Wildman–Crippen MR) is 73.6 cm³/mol. The first kappa shape index (κ1) is 14.5. The van der Waals surface area contributed by atoms with Crippen molar-refractivity contribution in [1.82, 2.24) is 25.1 Å². The van der Waals surface area contributed by atoms with Gasteiger partial charge in [-0.05, 0) is 44.0 Å². The molecule has 0 unspecified atom stereocenters. The first-order valence-electron chi connectivity index (χ1n) is 6.80. The summed E-state index contributed by atoms with van der Waals surface area (Å²) in [5, 5.41) is 20.9. The lowest BCUT2D eigenvalue weighted by Crippen LogP contribution is -2.54. The fourth-order valence-corrected chi connectivity index (χ4v) is 2.81. The van der Waals surface area contributed by atoms with Gasteiger partial charge in [0.15, 0.2) is 0 Å². The number of aryl methyl sites for hydroxylation is 1. The van der Waals surface area contributed by atoms with E-state index in [0.29, 0.717) is 0 Å². The number of aromatic nitrogens is 4. The molecule has 2 heterocycles. The fourth-order valence-electron chi connectivity index (χ4n) is 2.81. The summed E-state index contributed by atoms with van der Waals surface area (Å²) in [4.78, 5) is 15.2. The van der Waals surface area contributed by atoms with E-state index in [0.717, 1.165) is 31.9 Å². The quantitative estimate of drug-likeness (QED) is 0.869. The molecule has 1 aliphatic rings. The molecule has 1 aromatic heterocycles. The number of tetrazole rings is 1. The van der Waals surface area contributed by atoms with Gasteiger partial charge >= 0.3 is 6.09 Å². The molecule has 0 aliphatic carbocycles. The van der Waals surface area contributed by atoms with E-state index in [9.17, 15) is 9.90 Å². The smallest absolute Gasteiger partial charge is 0.407 e. The Kier molecular flexibility index (Phi) is 3.82. The van der Waals surface area contributed by atoms with Crippen LogP contribution in [0.1, 0.15) is 33.6 Å². The molecular formula is C12H22N6O2. The molecule has 1 aromatic rings. The van der Waals surface area contributed by atoms with E-state index in [1.807, 2.05) is 20.8 Å². The highest BCUT2D eigenvalue weighted by molar-refractivity contribution is 5.66. The maximum Gasteiger partial charge on any atom is 0.407 e. The summed E-state index contributed by atoms with van der Waals surface area (Å²) < 4.78 is 1.64. The van der Waals surface area contributed by atoms with E-state index in [-0.39, 0.29) is 11.6 Å². The molecule has 2 rings (SSSR count). The summed E-state index contributed by atoms with van der Waals surface area (Å²) in [6, 6.07) is 0.0462. The Hall–Kier alpha value is -1.86. The van der Waals surface area contributed by atoms with Gasteiger partial charge in [0.05, 0.1) is 0 Å². The van der Waals surface area contributed by atoms with Gasteiger partial charge in [-0.25, -0.2) is 9.48 Å². The van der Waals surface area contributed by atoms with Gasteiger partial charge in [-0.15, -0.1) is 0 Å². The highest BCUT2D eigenvalue weighted by Crippen LogP contribution is 2.26. The van der Waals surface area contributed by atoms with Crippen molar-refractivity contribution in [3.8, 4) is 0 Å². The normalized spacial score (nSPS) is 17.3. The van der Waals surface area contributed by atoms with Gasteiger partial charge < -0.3 is 14.9 Å². The number of hydrogen-bond donors (Lipinski definition) is 1. The van der Waals surface area contributed by atoms with Gasteiger partial charge in [-0.1, -0.05) is 5.10 Å². The number of carboxylic acid groups (broad SMARTS) is 1. The molecule has 8 heteroatoms. The van der Waals surface area contributed by atoms with Crippen LogP contribution in [0.25, 0.3) is 0 Å². The minimum atomic E-state index is -0.851. The summed E-state index contributed by atoms with van der Waals surface area (Å²) >= 11 is 0. The van der Waals surface area contributed by atoms with Crippen LogP contribution in [-0.4, -0.2) is 61.0 Å². The van der Waals surface area contributed by atoms with Crippen LogP contribution in [0.4, 0.5) is 10.7 Å². The monoisotopic (exact) mass is 282 g/mol. The summed E-state index contributed by atoms with van der Waals surface area (Å²) in [6.45, 7) is 7.32. The molecule has 0 saturated carbocycles. The Balaban J connectivity index is 2.03. The fraction of sp³-hybridized carbons (Fsp3) is 0.833. The Morgan fingerprint density at radius 1 is 1.35 bits per heavy atom. The molecule has 0 radical (unpaired) electrons. The number of hydrogen-bond acceptors (Lipinski definition) is 5. The average molecular weight is 282 g/mol. The average Bonchev–Trinajstić information content (AvgIpc) is 2.74. The van der Waals surface area contributed by atoms with E-state index < -0.39 is 6.09 Å². The van der Waals surface area contributed by atoms with Crippen LogP contribution in [0.15, 0.2) is 0 Å². The third-order valence-corrected chi connectivity index (χ3v) is 3.64. The van der Waals surface area contributed by atoms with Crippen molar-refractivity contribution in [2.75, 3.05) is 18.0 Å². The minimum absolute atomic E-state index is 0.0462. The van der Waals surface area contributed by atoms with Crippen LogP contribution in [0.3, 0.4) is 0 Å². The number of rotatable bonds is 2. The highest BCUT2D eigenvalue weighted by atomic mass is 16.4. The molecule has 1 amide bonds. The summed E-state index contributed by atoms with van der Waals surface area (Å²) in [6.07, 6.45) is 0.726. The Bertz CT molecular complexity index is 473. The molecule has 0 atom stereocenters. The van der Waals surface area contributed by atoms with E-state index in [2.05, 4.69) is 20.4 Å². The van der Waals surface area contributed by atoms with Crippen LogP contribution in [0.2, 0.25) is 0 Å². The third kappa shape index (κ3) is 2.83. The maximum atomic E-state index is 11.5. The lowest BCUT2D eigenvalue weighted by Gasteiger charge is -2.43. The number of carbonyl (C=O) groups is 1. The standard InChI is InChI=1S/C12H22N6O2/c1-12(2,3)18(11(19)20)9-5-7-17(8-6-9)10-13-14-15-16(10)4/h9H,5-8H2,1-4H3,(H,19,20). The van der Waals surface area contributed by atoms with Crippen molar-refractivity contribution in [3.63, 3.8) is 0 Å². The second-order valence-corrected chi connectivity index (χ2v) is 6.14. The third-order valence-electron chi connectivity index (χ3n) is 3.64. The SMILES string of the molecule is Cn1nnnc1N1CCC(N(C(=O)O)C(C)(C)C)CC1. The van der Waals surface area contributed by atoms with Crippen LogP contribution >= 0.6 is 0 Å². The predicted octanol–water partition coefficient (Wildman–Crippen LogP) is 0.957. The topological polar surface area (TPSA) is 87.4 Å². The first-order valence-corrected chi connectivity index (χ1v) is 6.80. The summed E-state index contributed by atoms with van der Waals surface area (Å²) in [5.74, 6) is 0.737. The van der Waals surface area contributed by atoms with Crippen molar-refractivity contribution in [2.24, 2.45) is 7.05 Å². The van der Waals surface area contributed by atoms with Gasteiger partial charge in [-0.2, -0.15) is 0 Å². The Morgan fingerprint density at radius 2 is 1.95 bits per heavy atom. The van der Waals surface area contributed by atoms with Gasteiger partial charge in [0.1, 0.15) is 0 Å². The number of anilines is 1. The molecule has 1 N–H and O–H groups in total. The molecule has 1 aliphatic heterocycles. The zero-order chi connectivity index (χ0) is 14.9. The zero-order valence-corrected chi connectivity index (χ0v) is 12.4. The molecule has 1 saturated heterocycles. The highest BCUT2D eigenvalue weighted by Gasteiger charge is 2.35. The van der Waals surface area contributed by atoms with E-state index in [4.69, 9.17) is 0 Å². The number of amides is 1. The van der Waals surface area contributed by atoms with Crippen LogP contribution in [0.5, 0.6) is 0 Å². The second-order valence-electron chi connectivity index (χ2n) is 6.14. The van der Waals surface area contributed by atoms with E-state index in [1.165, 1.54) is 0 Å². The van der Waals surface area contributed by atoms with Crippen molar-refractivity contribution in [3.05, 3.63) is 0 Å². The summed E-state index contributed by atoms with van der Waals surface area (Å²) in [7, 11) is 1.81. The summed E-state index contributed by atoms with van der Waals surface area (Å²) in [5.41, 5.74) is -0.384. The van der Waals surface area contributed by atoms with Crippen molar-refractivity contribution in [2.45, 2.75) is 45.2 Å². The van der Waals surface area contributed by atoms with Gasteiger partial charge in [-0.3, -0.25) is 0 Å². The Labute approximate surface area is 118 Å². The molecule has 20 heavy (non-hydrogen) atoms. The lowest BCUT2D eigenvalue weighted by atomic mass is 9.97. The van der Waals surface area contributed by atoms with Crippen LogP contribution in [-0.2, 0) is 7.05 Å². The van der Waals surface area contributed by atoms with Crippen molar-refractivity contribution in [1.29, 1.82) is 0 Å². The molecule has 0 spiro atoms. The second kappa shape index (κ2) is 5.26. The molecule has 0 aromatic carbocycles. The van der Waals surface area contributed by atoms with Crippen LogP contribution < -0.4 is 4.90 Å². The van der Waals surface area contributed by atoms with E-state index in [1.54, 1.807) is 16.6 Å². The van der Waals surface area contributed by atoms with Gasteiger partial charge in [0, 0.05) is 31.7 Å². The maximum absolute atomic E-state index is 11.5. The lowest BCUT2D eigenvalue weighted by molar-refractivity contribution is 0.0615. The molecule has 112 valence electrons. The van der Waals surface area contributed by atoms with Crippen molar-refractivity contribution >= 4 is 12.0 Å².